The normalized spacial score (nSPS) is 20.9. The maximum atomic E-state index is 12.4. The average Bonchev–Trinajstić information content (AvgIpc) is 3.09. The van der Waals surface area contributed by atoms with E-state index in [1.54, 1.807) is 0 Å². The fourth-order valence-electron chi connectivity index (χ4n) is 2.68. The van der Waals surface area contributed by atoms with E-state index in [1.165, 1.54) is 16.4 Å². The van der Waals surface area contributed by atoms with Gasteiger partial charge in [-0.25, -0.2) is 8.42 Å². The molecule has 6 nitrogen and oxygen atoms in total. The largest absolute Gasteiger partial charge is 0.446 e. The Labute approximate surface area is 120 Å². The molecule has 1 saturated heterocycles. The summed E-state index contributed by atoms with van der Waals surface area (Å²) in [6.07, 6.45) is 0.842. The van der Waals surface area contributed by atoms with Gasteiger partial charge in [-0.05, 0) is 31.6 Å². The Bertz CT molecular complexity index is 536. The number of likely N-dealkylation sites (N-methyl/N-ethyl adjacent to an activating group) is 1. The van der Waals surface area contributed by atoms with Crippen molar-refractivity contribution in [3.63, 3.8) is 0 Å². The highest BCUT2D eigenvalue weighted by Crippen LogP contribution is 2.24. The zero-order chi connectivity index (χ0) is 14.8. The molecule has 2 heterocycles. The average molecular weight is 302 g/mol. The first-order valence-corrected chi connectivity index (χ1v) is 8.40. The van der Waals surface area contributed by atoms with E-state index >= 15 is 0 Å². The molecule has 1 unspecified atom stereocenters. The highest BCUT2D eigenvalue weighted by molar-refractivity contribution is 7.89. The Morgan fingerprint density at radius 1 is 1.40 bits per heavy atom. The smallest absolute Gasteiger partial charge is 0.276 e. The summed E-state index contributed by atoms with van der Waals surface area (Å²) in [4.78, 5) is 2.27. The fraction of sp³-hybridized carbons (Fsp3) is 0.692. The summed E-state index contributed by atoms with van der Waals surface area (Å²) in [5.41, 5.74) is 0. The van der Waals surface area contributed by atoms with Gasteiger partial charge in [0, 0.05) is 19.1 Å². The van der Waals surface area contributed by atoms with Crippen LogP contribution in [0, 0.1) is 0 Å². The summed E-state index contributed by atoms with van der Waals surface area (Å²) >= 11 is 0. The van der Waals surface area contributed by atoms with E-state index in [-0.39, 0.29) is 23.5 Å². The fourth-order valence-corrected chi connectivity index (χ4v) is 4.10. The summed E-state index contributed by atoms with van der Waals surface area (Å²) in [6, 6.07) is 3.17. The summed E-state index contributed by atoms with van der Waals surface area (Å²) in [7, 11) is -3.58. The molecule has 0 saturated carbocycles. The van der Waals surface area contributed by atoms with Crippen LogP contribution in [0.3, 0.4) is 0 Å². The Morgan fingerprint density at radius 3 is 2.65 bits per heavy atom. The molecule has 1 aromatic rings. The maximum absolute atomic E-state index is 12.4. The second kappa shape index (κ2) is 6.26. The van der Waals surface area contributed by atoms with Gasteiger partial charge in [0.1, 0.15) is 12.4 Å². The van der Waals surface area contributed by atoms with Gasteiger partial charge < -0.3 is 9.52 Å². The third-order valence-corrected chi connectivity index (χ3v) is 5.58. The highest BCUT2D eigenvalue weighted by Gasteiger charge is 2.36. The highest BCUT2D eigenvalue weighted by atomic mass is 32.2. The van der Waals surface area contributed by atoms with Crippen molar-refractivity contribution >= 4 is 10.0 Å². The van der Waals surface area contributed by atoms with Gasteiger partial charge in [0.15, 0.2) is 0 Å². The minimum Gasteiger partial charge on any atom is -0.446 e. The van der Waals surface area contributed by atoms with E-state index in [1.807, 2.05) is 0 Å². The van der Waals surface area contributed by atoms with Gasteiger partial charge in [0.05, 0.1) is 0 Å². The first-order valence-electron chi connectivity index (χ1n) is 6.96. The summed E-state index contributed by atoms with van der Waals surface area (Å²) in [5, 5.41) is 8.87. The molecule has 7 heteroatoms. The van der Waals surface area contributed by atoms with Crippen LogP contribution in [0.15, 0.2) is 21.6 Å². The molecule has 1 aliphatic rings. The van der Waals surface area contributed by atoms with E-state index in [4.69, 9.17) is 9.52 Å². The van der Waals surface area contributed by atoms with Gasteiger partial charge >= 0.3 is 0 Å². The van der Waals surface area contributed by atoms with Crippen molar-refractivity contribution in [3.8, 4) is 0 Å². The molecule has 1 aliphatic heterocycles. The lowest BCUT2D eigenvalue weighted by Gasteiger charge is -2.25. The van der Waals surface area contributed by atoms with Crippen LogP contribution in [0.4, 0.5) is 0 Å². The third-order valence-electron chi connectivity index (χ3n) is 3.84. The summed E-state index contributed by atoms with van der Waals surface area (Å²) in [6.45, 7) is 6.73. The van der Waals surface area contributed by atoms with Crippen molar-refractivity contribution in [3.05, 3.63) is 17.9 Å². The predicted molar refractivity (Wildman–Crippen MR) is 74.7 cm³/mol. The van der Waals surface area contributed by atoms with Crippen LogP contribution in [0.1, 0.15) is 26.0 Å². The number of rotatable bonds is 6. The van der Waals surface area contributed by atoms with E-state index in [0.717, 1.165) is 19.5 Å². The Morgan fingerprint density at radius 2 is 2.10 bits per heavy atom. The number of sulfonamides is 1. The Hall–Kier alpha value is -0.890. The summed E-state index contributed by atoms with van der Waals surface area (Å²) < 4.78 is 31.5. The number of nitrogens with zero attached hydrogens (tertiary/aromatic N) is 2. The van der Waals surface area contributed by atoms with Crippen molar-refractivity contribution in [2.75, 3.05) is 26.2 Å². The van der Waals surface area contributed by atoms with Crippen molar-refractivity contribution < 1.29 is 17.9 Å². The topological polar surface area (TPSA) is 74.0 Å². The second-order valence-electron chi connectivity index (χ2n) is 4.91. The molecule has 0 amide bonds. The number of aliphatic hydroxyl groups excluding tert-OH is 1. The standard InChI is InChI=1S/C13H22N2O4S/c1-3-14(4-2)11-7-8-15(9-11)20(17,18)13-6-5-12(10-16)19-13/h5-6,11,16H,3-4,7-10H2,1-2H3. The van der Waals surface area contributed by atoms with E-state index in [9.17, 15) is 8.42 Å². The van der Waals surface area contributed by atoms with Crippen LogP contribution in [-0.2, 0) is 16.6 Å². The van der Waals surface area contributed by atoms with Gasteiger partial charge in [-0.2, -0.15) is 4.31 Å². The van der Waals surface area contributed by atoms with E-state index in [0.29, 0.717) is 13.1 Å². The van der Waals surface area contributed by atoms with Crippen LogP contribution in [-0.4, -0.2) is 55.0 Å². The maximum Gasteiger partial charge on any atom is 0.276 e. The first-order chi connectivity index (χ1) is 9.52. The van der Waals surface area contributed by atoms with Gasteiger partial charge in [-0.1, -0.05) is 13.8 Å². The van der Waals surface area contributed by atoms with Crippen LogP contribution in [0.5, 0.6) is 0 Å². The predicted octanol–water partition coefficient (Wildman–Crippen LogP) is 0.877. The molecule has 1 N–H and O–H groups in total. The number of hydrogen-bond donors (Lipinski definition) is 1. The minimum atomic E-state index is -3.58. The molecule has 0 aliphatic carbocycles. The van der Waals surface area contributed by atoms with Crippen molar-refractivity contribution in [2.45, 2.75) is 38.0 Å². The first kappa shape index (κ1) is 15.5. The molecule has 0 spiro atoms. The lowest BCUT2D eigenvalue weighted by atomic mass is 10.2. The Balaban J connectivity index is 2.12. The molecular weight excluding hydrogens is 280 g/mol. The number of furan rings is 1. The van der Waals surface area contributed by atoms with Crippen LogP contribution < -0.4 is 0 Å². The monoisotopic (exact) mass is 302 g/mol. The molecule has 1 aromatic heterocycles. The third kappa shape index (κ3) is 2.90. The van der Waals surface area contributed by atoms with Crippen LogP contribution >= 0.6 is 0 Å². The molecule has 1 atom stereocenters. The molecule has 0 radical (unpaired) electrons. The van der Waals surface area contributed by atoms with Crippen LogP contribution in [0.2, 0.25) is 0 Å². The second-order valence-corrected chi connectivity index (χ2v) is 6.77. The van der Waals surface area contributed by atoms with Crippen molar-refractivity contribution in [2.24, 2.45) is 0 Å². The lowest BCUT2D eigenvalue weighted by Crippen LogP contribution is -2.38. The zero-order valence-electron chi connectivity index (χ0n) is 11.9. The zero-order valence-corrected chi connectivity index (χ0v) is 12.8. The van der Waals surface area contributed by atoms with E-state index < -0.39 is 10.0 Å². The SMILES string of the molecule is CCN(CC)C1CCN(S(=O)(=O)c2ccc(CO)o2)C1. The minimum absolute atomic E-state index is 0.0817. The Kier molecular flexibility index (Phi) is 4.85. The molecule has 0 aromatic carbocycles. The number of aliphatic hydroxyl groups is 1. The summed E-state index contributed by atoms with van der Waals surface area (Å²) in [5.74, 6) is 0.267. The van der Waals surface area contributed by atoms with Crippen molar-refractivity contribution in [1.29, 1.82) is 0 Å². The molecule has 1 fully saturated rings. The quantitative estimate of drug-likeness (QED) is 0.844. The van der Waals surface area contributed by atoms with Crippen molar-refractivity contribution in [1.82, 2.24) is 9.21 Å². The molecular formula is C13H22N2O4S. The van der Waals surface area contributed by atoms with Gasteiger partial charge in [0.25, 0.3) is 10.0 Å². The molecule has 114 valence electrons. The molecule has 2 rings (SSSR count). The van der Waals surface area contributed by atoms with Gasteiger partial charge in [0.2, 0.25) is 5.09 Å². The van der Waals surface area contributed by atoms with E-state index in [2.05, 4.69) is 18.7 Å². The molecule has 20 heavy (non-hydrogen) atoms. The lowest BCUT2D eigenvalue weighted by molar-refractivity contribution is 0.223. The van der Waals surface area contributed by atoms with Crippen LogP contribution in [0.25, 0.3) is 0 Å². The molecule has 0 bridgehead atoms. The van der Waals surface area contributed by atoms with Gasteiger partial charge in [-0.3, -0.25) is 4.90 Å². The van der Waals surface area contributed by atoms with Gasteiger partial charge in [-0.15, -0.1) is 0 Å². The number of hydrogen-bond acceptors (Lipinski definition) is 5.